The molecule has 0 radical (unpaired) electrons. The predicted molar refractivity (Wildman–Crippen MR) is 107 cm³/mol. The number of hydrogen-bond donors (Lipinski definition) is 2. The number of hydrogen-bond acceptors (Lipinski definition) is 2. The van der Waals surface area contributed by atoms with Gasteiger partial charge in [0.2, 0.25) is 5.91 Å². The third-order valence-corrected chi connectivity index (χ3v) is 5.25. The Kier molecular flexibility index (Phi) is 4.86. The van der Waals surface area contributed by atoms with Crippen LogP contribution in [0, 0.1) is 0 Å². The Hall–Kier alpha value is -2.79. The molecule has 138 valence electrons. The lowest BCUT2D eigenvalue weighted by molar-refractivity contribution is -0.117. The first-order valence-corrected chi connectivity index (χ1v) is 9.44. The number of nitrogens with zero attached hydrogens (tertiary/aromatic N) is 1. The number of fused-ring (bicyclic) bond motifs is 1. The van der Waals surface area contributed by atoms with E-state index in [1.807, 2.05) is 24.4 Å². The maximum Gasteiger partial charge on any atom is 0.251 e. The Balaban J connectivity index is 1.43. The molecule has 0 saturated carbocycles. The van der Waals surface area contributed by atoms with Gasteiger partial charge in [-0.3, -0.25) is 9.59 Å². The third-order valence-electron chi connectivity index (χ3n) is 4.93. The number of nitrogens with one attached hydrogen (secondary N) is 2. The van der Waals surface area contributed by atoms with Crippen LogP contribution < -0.4 is 10.2 Å². The van der Waals surface area contributed by atoms with Gasteiger partial charge in [-0.1, -0.05) is 29.8 Å². The summed E-state index contributed by atoms with van der Waals surface area (Å²) < 4.78 is 0. The molecule has 27 heavy (non-hydrogen) atoms. The van der Waals surface area contributed by atoms with E-state index in [-0.39, 0.29) is 11.8 Å². The van der Waals surface area contributed by atoms with Gasteiger partial charge in [0.05, 0.1) is 10.7 Å². The largest absolute Gasteiger partial charge is 0.361 e. The van der Waals surface area contributed by atoms with E-state index in [0.29, 0.717) is 35.8 Å². The van der Waals surface area contributed by atoms with Crippen LogP contribution in [0.1, 0.15) is 28.8 Å². The molecule has 0 aliphatic carbocycles. The van der Waals surface area contributed by atoms with Crippen molar-refractivity contribution in [2.24, 2.45) is 0 Å². The van der Waals surface area contributed by atoms with Crippen LogP contribution in [0.15, 0.2) is 48.7 Å². The Labute approximate surface area is 162 Å². The highest BCUT2D eigenvalue weighted by molar-refractivity contribution is 6.34. The van der Waals surface area contributed by atoms with Gasteiger partial charge in [-0.25, -0.2) is 0 Å². The summed E-state index contributed by atoms with van der Waals surface area (Å²) in [4.78, 5) is 29.4. The van der Waals surface area contributed by atoms with Gasteiger partial charge >= 0.3 is 0 Å². The van der Waals surface area contributed by atoms with Gasteiger partial charge in [0.25, 0.3) is 5.91 Å². The number of anilines is 1. The highest BCUT2D eigenvalue weighted by Gasteiger charge is 2.24. The van der Waals surface area contributed by atoms with E-state index in [1.165, 1.54) is 10.9 Å². The average Bonchev–Trinajstić information content (AvgIpc) is 3.28. The molecule has 6 heteroatoms. The van der Waals surface area contributed by atoms with Gasteiger partial charge in [-0.2, -0.15) is 0 Å². The second kappa shape index (κ2) is 7.45. The molecule has 1 fully saturated rings. The van der Waals surface area contributed by atoms with Gasteiger partial charge in [0.15, 0.2) is 0 Å². The summed E-state index contributed by atoms with van der Waals surface area (Å²) in [6.45, 7) is 1.17. The second-order valence-electron chi connectivity index (χ2n) is 6.68. The molecular formula is C21H20ClN3O2. The first-order valence-electron chi connectivity index (χ1n) is 9.06. The monoisotopic (exact) mass is 381 g/mol. The van der Waals surface area contributed by atoms with Crippen LogP contribution in [0.2, 0.25) is 5.02 Å². The van der Waals surface area contributed by atoms with Crippen LogP contribution in [0.25, 0.3) is 10.9 Å². The summed E-state index contributed by atoms with van der Waals surface area (Å²) in [7, 11) is 0. The van der Waals surface area contributed by atoms with Crippen LogP contribution in [-0.4, -0.2) is 29.9 Å². The lowest BCUT2D eigenvalue weighted by Gasteiger charge is -2.18. The Morgan fingerprint density at radius 3 is 2.89 bits per heavy atom. The van der Waals surface area contributed by atoms with E-state index in [0.717, 1.165) is 18.4 Å². The first kappa shape index (κ1) is 17.6. The maximum absolute atomic E-state index is 12.5. The minimum absolute atomic E-state index is 0.0498. The Morgan fingerprint density at radius 2 is 2.07 bits per heavy atom. The normalized spacial score (nSPS) is 14.1. The number of para-hydroxylation sites is 1. The molecule has 2 N–H and O–H groups in total. The Bertz CT molecular complexity index is 1010. The van der Waals surface area contributed by atoms with Crippen molar-refractivity contribution in [3.63, 3.8) is 0 Å². The number of aromatic amines is 1. The molecule has 5 nitrogen and oxygen atoms in total. The van der Waals surface area contributed by atoms with Crippen molar-refractivity contribution in [2.45, 2.75) is 19.3 Å². The summed E-state index contributed by atoms with van der Waals surface area (Å²) in [5.74, 6) is -0.117. The topological polar surface area (TPSA) is 65.2 Å². The molecule has 0 bridgehead atoms. The maximum atomic E-state index is 12.5. The van der Waals surface area contributed by atoms with E-state index in [9.17, 15) is 9.59 Å². The van der Waals surface area contributed by atoms with Crippen LogP contribution in [0.5, 0.6) is 0 Å². The van der Waals surface area contributed by atoms with Gasteiger partial charge in [-0.05, 0) is 42.7 Å². The SMILES string of the molecule is O=C(NCCc1c[nH]c2ccccc12)c1ccc(Cl)c(N2CCCC2=O)c1. The second-order valence-corrected chi connectivity index (χ2v) is 7.09. The zero-order chi connectivity index (χ0) is 18.8. The van der Waals surface area contributed by atoms with Gasteiger partial charge in [0, 0.05) is 42.2 Å². The molecule has 1 aliphatic rings. The zero-order valence-electron chi connectivity index (χ0n) is 14.8. The minimum Gasteiger partial charge on any atom is -0.361 e. The molecule has 3 aromatic rings. The summed E-state index contributed by atoms with van der Waals surface area (Å²) in [5.41, 5.74) is 3.39. The van der Waals surface area contributed by atoms with Crippen molar-refractivity contribution in [3.8, 4) is 0 Å². The van der Waals surface area contributed by atoms with Crippen LogP contribution in [0.3, 0.4) is 0 Å². The molecular weight excluding hydrogens is 362 g/mol. The number of halogens is 1. The van der Waals surface area contributed by atoms with E-state index < -0.39 is 0 Å². The summed E-state index contributed by atoms with van der Waals surface area (Å²) in [6, 6.07) is 13.2. The van der Waals surface area contributed by atoms with E-state index >= 15 is 0 Å². The minimum atomic E-state index is -0.167. The molecule has 1 aliphatic heterocycles. The van der Waals surface area contributed by atoms with Crippen molar-refractivity contribution in [1.82, 2.24) is 10.3 Å². The fourth-order valence-corrected chi connectivity index (χ4v) is 3.73. The number of carbonyl (C=O) groups is 2. The quantitative estimate of drug-likeness (QED) is 0.703. The van der Waals surface area contributed by atoms with Gasteiger partial charge in [0.1, 0.15) is 0 Å². The van der Waals surface area contributed by atoms with E-state index in [1.54, 1.807) is 23.1 Å². The lowest BCUT2D eigenvalue weighted by Crippen LogP contribution is -2.27. The third kappa shape index (κ3) is 3.55. The molecule has 0 spiro atoms. The fourth-order valence-electron chi connectivity index (χ4n) is 3.51. The number of rotatable bonds is 5. The fraction of sp³-hybridized carbons (Fsp3) is 0.238. The molecule has 4 rings (SSSR count). The van der Waals surface area contributed by atoms with Crippen molar-refractivity contribution in [1.29, 1.82) is 0 Å². The molecule has 0 atom stereocenters. The number of carbonyl (C=O) groups excluding carboxylic acids is 2. The van der Waals surface area contributed by atoms with Gasteiger partial charge < -0.3 is 15.2 Å². The standard InChI is InChI=1S/C21H20ClN3O2/c22-17-8-7-14(12-19(17)25-11-3-6-20(25)26)21(27)23-10-9-15-13-24-18-5-2-1-4-16(15)18/h1-2,4-5,7-8,12-13,24H,3,6,9-11H2,(H,23,27). The van der Waals surface area contributed by atoms with Crippen molar-refractivity contribution in [3.05, 3.63) is 64.8 Å². The summed E-state index contributed by atoms with van der Waals surface area (Å²) in [6.07, 6.45) is 4.06. The smallest absolute Gasteiger partial charge is 0.251 e. The highest BCUT2D eigenvalue weighted by atomic mass is 35.5. The van der Waals surface area contributed by atoms with E-state index in [2.05, 4.69) is 16.4 Å². The molecule has 2 amide bonds. The van der Waals surface area contributed by atoms with E-state index in [4.69, 9.17) is 11.6 Å². The first-order chi connectivity index (χ1) is 13.1. The van der Waals surface area contributed by atoms with Gasteiger partial charge in [-0.15, -0.1) is 0 Å². The lowest BCUT2D eigenvalue weighted by atomic mass is 10.1. The number of H-pyrrole nitrogens is 1. The molecule has 2 heterocycles. The molecule has 1 aromatic heterocycles. The highest BCUT2D eigenvalue weighted by Crippen LogP contribution is 2.30. The summed E-state index contributed by atoms with van der Waals surface area (Å²) >= 11 is 6.24. The number of amides is 2. The average molecular weight is 382 g/mol. The van der Waals surface area contributed by atoms with Crippen molar-refractivity contribution in [2.75, 3.05) is 18.0 Å². The van der Waals surface area contributed by atoms with Crippen molar-refractivity contribution >= 4 is 40.0 Å². The van der Waals surface area contributed by atoms with Crippen molar-refractivity contribution < 1.29 is 9.59 Å². The Morgan fingerprint density at radius 1 is 1.22 bits per heavy atom. The predicted octanol–water partition coefficient (Wildman–Crippen LogP) is 3.92. The molecule has 0 unspecified atom stereocenters. The number of aromatic nitrogens is 1. The van der Waals surface area contributed by atoms with Crippen LogP contribution >= 0.6 is 11.6 Å². The molecule has 1 saturated heterocycles. The van der Waals surface area contributed by atoms with Crippen LogP contribution in [-0.2, 0) is 11.2 Å². The molecule has 2 aromatic carbocycles. The van der Waals surface area contributed by atoms with Crippen LogP contribution in [0.4, 0.5) is 5.69 Å². The number of benzene rings is 2. The summed E-state index contributed by atoms with van der Waals surface area (Å²) in [5, 5.41) is 4.61. The zero-order valence-corrected chi connectivity index (χ0v) is 15.6.